The Kier molecular flexibility index (Phi) is 6.92. The molecule has 0 saturated heterocycles. The van der Waals surface area contributed by atoms with Gasteiger partial charge in [-0.2, -0.15) is 0 Å². The fourth-order valence-corrected chi connectivity index (χ4v) is 3.35. The predicted molar refractivity (Wildman–Crippen MR) is 122 cm³/mol. The zero-order chi connectivity index (χ0) is 20.9. The maximum atomic E-state index is 5.78. The number of hydrogen-bond donors (Lipinski definition) is 0. The molecule has 0 atom stereocenters. The number of nitrogens with zero attached hydrogens (tertiary/aromatic N) is 1. The predicted octanol–water partition coefficient (Wildman–Crippen LogP) is 6.84. The van der Waals surface area contributed by atoms with E-state index < -0.39 is 0 Å². The summed E-state index contributed by atoms with van der Waals surface area (Å²) < 4.78 is 5.60. The molecule has 0 fully saturated rings. The van der Waals surface area contributed by atoms with Gasteiger partial charge in [-0.3, -0.25) is 0 Å². The molecule has 3 rings (SSSR count). The van der Waals surface area contributed by atoms with Gasteiger partial charge in [0.2, 0.25) is 0 Å². The van der Waals surface area contributed by atoms with Crippen molar-refractivity contribution in [3.8, 4) is 11.1 Å². The van der Waals surface area contributed by atoms with Crippen LogP contribution in [0.5, 0.6) is 0 Å². The summed E-state index contributed by atoms with van der Waals surface area (Å²) in [5.41, 5.74) is 6.52. The lowest BCUT2D eigenvalue weighted by Crippen LogP contribution is -2.17. The first kappa shape index (κ1) is 21.3. The van der Waals surface area contributed by atoms with Gasteiger partial charge >= 0.3 is 0 Å². The summed E-state index contributed by atoms with van der Waals surface area (Å²) in [4.78, 5) is 5.78. The van der Waals surface area contributed by atoms with Crippen molar-refractivity contribution in [1.29, 1.82) is 0 Å². The lowest BCUT2D eigenvalue weighted by atomic mass is 10.0. The van der Waals surface area contributed by atoms with E-state index in [0.717, 1.165) is 42.7 Å². The van der Waals surface area contributed by atoms with Crippen molar-refractivity contribution < 1.29 is 9.57 Å². The molecule has 2 aromatic carbocycles. The number of fused-ring (bicyclic) bond motifs is 3. The third kappa shape index (κ3) is 5.80. The molecular formula is C26H33NO2. The van der Waals surface area contributed by atoms with Crippen molar-refractivity contribution in [2.45, 2.75) is 65.6 Å². The highest BCUT2D eigenvalue weighted by Crippen LogP contribution is 2.37. The van der Waals surface area contributed by atoms with Gasteiger partial charge in [-0.05, 0) is 76.6 Å². The maximum Gasteiger partial charge on any atom is 0.129 e. The molecular weight excluding hydrogens is 358 g/mol. The molecule has 1 aliphatic rings. The highest BCUT2D eigenvalue weighted by atomic mass is 16.6. The topological polar surface area (TPSA) is 30.8 Å². The Bertz CT molecular complexity index is 888. The molecule has 0 aromatic heterocycles. The minimum Gasteiger partial charge on any atom is -0.390 e. The largest absolute Gasteiger partial charge is 0.390 e. The fraction of sp³-hybridized carbons (Fsp3) is 0.423. The van der Waals surface area contributed by atoms with E-state index in [0.29, 0.717) is 6.10 Å². The van der Waals surface area contributed by atoms with E-state index in [4.69, 9.17) is 9.57 Å². The van der Waals surface area contributed by atoms with Gasteiger partial charge in [0.15, 0.2) is 0 Å². The minimum absolute atomic E-state index is 0.318. The average Bonchev–Trinajstić information content (AvgIpc) is 2.98. The first-order valence-electron chi connectivity index (χ1n) is 10.6. The number of hydrogen-bond acceptors (Lipinski definition) is 3. The van der Waals surface area contributed by atoms with Crippen LogP contribution in [-0.2, 0) is 9.57 Å². The summed E-state index contributed by atoms with van der Waals surface area (Å²) in [7, 11) is 0. The van der Waals surface area contributed by atoms with Crippen molar-refractivity contribution in [3.63, 3.8) is 0 Å². The average molecular weight is 392 g/mol. The molecule has 0 amide bonds. The minimum atomic E-state index is -0.318. The summed E-state index contributed by atoms with van der Waals surface area (Å²) in [6.07, 6.45) is 8.08. The second-order valence-electron chi connectivity index (χ2n) is 8.81. The van der Waals surface area contributed by atoms with Crippen LogP contribution in [0, 0.1) is 0 Å². The fourth-order valence-electron chi connectivity index (χ4n) is 3.35. The van der Waals surface area contributed by atoms with Crippen LogP contribution < -0.4 is 0 Å². The molecule has 0 heterocycles. The van der Waals surface area contributed by atoms with Gasteiger partial charge in [0, 0.05) is 17.7 Å². The van der Waals surface area contributed by atoms with Crippen LogP contribution >= 0.6 is 0 Å². The van der Waals surface area contributed by atoms with E-state index in [1.165, 1.54) is 16.7 Å². The van der Waals surface area contributed by atoms with Gasteiger partial charge in [0.05, 0.1) is 6.10 Å². The van der Waals surface area contributed by atoms with Gasteiger partial charge in [-0.1, -0.05) is 53.7 Å². The van der Waals surface area contributed by atoms with Crippen LogP contribution in [0.4, 0.5) is 0 Å². The Morgan fingerprint density at radius 3 is 2.38 bits per heavy atom. The lowest BCUT2D eigenvalue weighted by molar-refractivity contribution is 0.00121. The highest BCUT2D eigenvalue weighted by molar-refractivity contribution is 6.24. The number of allylic oxidation sites excluding steroid dienone is 1. The molecule has 0 N–H and O–H groups in total. The van der Waals surface area contributed by atoms with Crippen LogP contribution in [0.25, 0.3) is 17.2 Å². The summed E-state index contributed by atoms with van der Waals surface area (Å²) in [6, 6.07) is 15.0. The Morgan fingerprint density at radius 2 is 1.66 bits per heavy atom. The molecule has 29 heavy (non-hydrogen) atoms. The van der Waals surface area contributed by atoms with Crippen LogP contribution in [0.3, 0.4) is 0 Å². The molecule has 3 nitrogen and oxygen atoms in total. The number of oxime groups is 1. The van der Waals surface area contributed by atoms with E-state index in [-0.39, 0.29) is 5.60 Å². The third-order valence-electron chi connectivity index (χ3n) is 4.71. The maximum absolute atomic E-state index is 5.78. The SMILES string of the molecule is CC(C)OCCCC/C=C/c1ccc2c(c1)/C(=N/OC(C)(C)C)c1ccccc1-2. The number of ether oxygens (including phenoxy) is 1. The van der Waals surface area contributed by atoms with Crippen molar-refractivity contribution in [1.82, 2.24) is 0 Å². The standard InChI is InChI=1S/C26H33NO2/c1-19(2)28-17-11-7-6-8-12-20-15-16-22-21-13-9-10-14-23(21)25(24(22)18-20)27-29-26(3,4)5/h8-10,12-16,18-19H,6-7,11,17H2,1-5H3/b12-8+,27-25+. The van der Waals surface area contributed by atoms with Gasteiger partial charge in [0.25, 0.3) is 0 Å². The Labute approximate surface area is 175 Å². The Balaban J connectivity index is 1.74. The summed E-state index contributed by atoms with van der Waals surface area (Å²) in [5, 5.41) is 4.54. The normalized spacial score (nSPS) is 14.6. The van der Waals surface area contributed by atoms with Gasteiger partial charge in [-0.25, -0.2) is 0 Å². The van der Waals surface area contributed by atoms with E-state index in [2.05, 4.69) is 73.6 Å². The van der Waals surface area contributed by atoms with Crippen molar-refractivity contribution in [2.24, 2.45) is 5.16 Å². The molecule has 3 heteroatoms. The molecule has 1 aliphatic carbocycles. The van der Waals surface area contributed by atoms with E-state index in [1.54, 1.807) is 0 Å². The van der Waals surface area contributed by atoms with Crippen molar-refractivity contribution >= 4 is 11.8 Å². The number of rotatable bonds is 8. The molecule has 2 aromatic rings. The zero-order valence-electron chi connectivity index (χ0n) is 18.4. The molecule has 154 valence electrons. The number of unbranched alkanes of at least 4 members (excludes halogenated alkanes) is 2. The van der Waals surface area contributed by atoms with E-state index in [9.17, 15) is 0 Å². The second-order valence-corrected chi connectivity index (χ2v) is 8.81. The first-order chi connectivity index (χ1) is 13.8. The smallest absolute Gasteiger partial charge is 0.129 e. The van der Waals surface area contributed by atoms with Gasteiger partial charge in [0.1, 0.15) is 11.3 Å². The molecule has 0 bridgehead atoms. The van der Waals surface area contributed by atoms with Gasteiger partial charge < -0.3 is 9.57 Å². The van der Waals surface area contributed by atoms with Gasteiger partial charge in [-0.15, -0.1) is 0 Å². The summed E-state index contributed by atoms with van der Waals surface area (Å²) in [6.45, 7) is 11.1. The van der Waals surface area contributed by atoms with Crippen LogP contribution in [0.1, 0.15) is 70.6 Å². The summed E-state index contributed by atoms with van der Waals surface area (Å²) >= 11 is 0. The second kappa shape index (κ2) is 9.41. The van der Waals surface area contributed by atoms with Crippen molar-refractivity contribution in [3.05, 3.63) is 65.2 Å². The molecule has 0 spiro atoms. The highest BCUT2D eigenvalue weighted by Gasteiger charge is 2.26. The van der Waals surface area contributed by atoms with Crippen LogP contribution in [0.2, 0.25) is 0 Å². The van der Waals surface area contributed by atoms with Crippen LogP contribution in [0.15, 0.2) is 53.7 Å². The van der Waals surface area contributed by atoms with E-state index >= 15 is 0 Å². The Hall–Kier alpha value is -2.39. The molecule has 0 radical (unpaired) electrons. The molecule has 0 saturated carbocycles. The lowest BCUT2D eigenvalue weighted by Gasteiger charge is -2.16. The first-order valence-corrected chi connectivity index (χ1v) is 10.6. The monoisotopic (exact) mass is 391 g/mol. The van der Waals surface area contributed by atoms with Crippen LogP contribution in [-0.4, -0.2) is 24.0 Å². The van der Waals surface area contributed by atoms with E-state index in [1.807, 2.05) is 20.8 Å². The third-order valence-corrected chi connectivity index (χ3v) is 4.71. The number of benzene rings is 2. The van der Waals surface area contributed by atoms with Crippen molar-refractivity contribution in [2.75, 3.05) is 6.61 Å². The summed E-state index contributed by atoms with van der Waals surface area (Å²) in [5.74, 6) is 0. The zero-order valence-corrected chi connectivity index (χ0v) is 18.4. The Morgan fingerprint density at radius 1 is 0.931 bits per heavy atom. The quantitative estimate of drug-likeness (QED) is 0.311. The molecule has 0 aliphatic heterocycles. The molecule has 0 unspecified atom stereocenters.